The second-order valence-electron chi connectivity index (χ2n) is 2.96. The van der Waals surface area contributed by atoms with Crippen LogP contribution < -0.4 is 5.73 Å². The number of rotatable bonds is 0. The SMILES string of the molecule is CN1C=CC(N)=NC1(C)C. The molecule has 2 N–H and O–H groups in total. The number of amidine groups is 1. The lowest BCUT2D eigenvalue weighted by Gasteiger charge is -2.33. The summed E-state index contributed by atoms with van der Waals surface area (Å²) in [5.74, 6) is 0.600. The van der Waals surface area contributed by atoms with Gasteiger partial charge in [0.05, 0.1) is 0 Å². The quantitative estimate of drug-likeness (QED) is 0.532. The fourth-order valence-electron chi connectivity index (χ4n) is 0.803. The first-order chi connectivity index (χ1) is 4.52. The van der Waals surface area contributed by atoms with Crippen LogP contribution in [0.1, 0.15) is 13.8 Å². The first-order valence-electron chi connectivity index (χ1n) is 3.29. The van der Waals surface area contributed by atoms with Crippen molar-refractivity contribution < 1.29 is 0 Å². The van der Waals surface area contributed by atoms with E-state index in [9.17, 15) is 0 Å². The summed E-state index contributed by atoms with van der Waals surface area (Å²) in [5, 5.41) is 0. The molecule has 0 saturated heterocycles. The smallest absolute Gasteiger partial charge is 0.127 e. The molecule has 0 spiro atoms. The summed E-state index contributed by atoms with van der Waals surface area (Å²) >= 11 is 0. The summed E-state index contributed by atoms with van der Waals surface area (Å²) in [6.45, 7) is 4.03. The predicted octanol–water partition coefficient (Wildman–Crippen LogP) is 0.539. The van der Waals surface area contributed by atoms with E-state index >= 15 is 0 Å². The molecule has 0 aromatic heterocycles. The van der Waals surface area contributed by atoms with Gasteiger partial charge in [0.25, 0.3) is 0 Å². The van der Waals surface area contributed by atoms with Gasteiger partial charge in [-0.15, -0.1) is 0 Å². The number of nitrogens with two attached hydrogens (primary N) is 1. The lowest BCUT2D eigenvalue weighted by Crippen LogP contribution is -2.40. The zero-order chi connectivity index (χ0) is 7.78. The Labute approximate surface area is 61.2 Å². The Kier molecular flexibility index (Phi) is 1.43. The van der Waals surface area contributed by atoms with Crippen LogP contribution in [0.15, 0.2) is 17.3 Å². The molecule has 0 aromatic rings. The van der Waals surface area contributed by atoms with Gasteiger partial charge in [-0.1, -0.05) is 0 Å². The van der Waals surface area contributed by atoms with Crippen molar-refractivity contribution in [2.45, 2.75) is 19.5 Å². The van der Waals surface area contributed by atoms with Gasteiger partial charge in [0, 0.05) is 13.2 Å². The minimum atomic E-state index is -0.182. The lowest BCUT2D eigenvalue weighted by molar-refractivity contribution is 0.233. The number of nitrogens with zero attached hydrogens (tertiary/aromatic N) is 2. The van der Waals surface area contributed by atoms with Crippen LogP contribution in [0.2, 0.25) is 0 Å². The van der Waals surface area contributed by atoms with E-state index in [-0.39, 0.29) is 5.66 Å². The van der Waals surface area contributed by atoms with Gasteiger partial charge in [-0.2, -0.15) is 0 Å². The first-order valence-corrected chi connectivity index (χ1v) is 3.29. The fraction of sp³-hybridized carbons (Fsp3) is 0.571. The number of aliphatic imine (C=N–C) groups is 1. The molecule has 3 nitrogen and oxygen atoms in total. The molecule has 0 aromatic carbocycles. The van der Waals surface area contributed by atoms with E-state index in [4.69, 9.17) is 5.73 Å². The highest BCUT2D eigenvalue weighted by molar-refractivity contribution is 5.92. The second-order valence-corrected chi connectivity index (χ2v) is 2.96. The van der Waals surface area contributed by atoms with E-state index in [1.165, 1.54) is 0 Å². The Morgan fingerprint density at radius 1 is 1.60 bits per heavy atom. The van der Waals surface area contributed by atoms with Gasteiger partial charge >= 0.3 is 0 Å². The van der Waals surface area contributed by atoms with Crippen LogP contribution in [-0.4, -0.2) is 23.4 Å². The maximum absolute atomic E-state index is 5.51. The zero-order valence-corrected chi connectivity index (χ0v) is 6.63. The number of hydrogen-bond acceptors (Lipinski definition) is 3. The molecule has 1 aliphatic rings. The third kappa shape index (κ3) is 1.12. The number of hydrogen-bond donors (Lipinski definition) is 1. The Bertz CT molecular complexity index is 191. The highest BCUT2D eigenvalue weighted by Gasteiger charge is 2.21. The van der Waals surface area contributed by atoms with Crippen LogP contribution in [0.4, 0.5) is 0 Å². The molecule has 56 valence electrons. The summed E-state index contributed by atoms with van der Waals surface area (Å²) in [6.07, 6.45) is 3.73. The summed E-state index contributed by atoms with van der Waals surface area (Å²) in [6, 6.07) is 0. The van der Waals surface area contributed by atoms with E-state index in [0.717, 1.165) is 0 Å². The van der Waals surface area contributed by atoms with E-state index < -0.39 is 0 Å². The Morgan fingerprint density at radius 2 is 2.20 bits per heavy atom. The van der Waals surface area contributed by atoms with Gasteiger partial charge in [0.1, 0.15) is 11.5 Å². The third-order valence-electron chi connectivity index (χ3n) is 1.73. The van der Waals surface area contributed by atoms with E-state index in [1.54, 1.807) is 6.08 Å². The Balaban J connectivity index is 2.88. The molecule has 1 heterocycles. The van der Waals surface area contributed by atoms with Gasteiger partial charge in [-0.05, 0) is 19.9 Å². The predicted molar refractivity (Wildman–Crippen MR) is 42.6 cm³/mol. The van der Waals surface area contributed by atoms with Crippen LogP contribution in [-0.2, 0) is 0 Å². The van der Waals surface area contributed by atoms with Crippen LogP contribution in [0.3, 0.4) is 0 Å². The molecule has 10 heavy (non-hydrogen) atoms. The zero-order valence-electron chi connectivity index (χ0n) is 6.63. The van der Waals surface area contributed by atoms with Crippen LogP contribution >= 0.6 is 0 Å². The molecule has 1 rings (SSSR count). The molecule has 0 unspecified atom stereocenters. The summed E-state index contributed by atoms with van der Waals surface area (Å²) in [4.78, 5) is 6.25. The topological polar surface area (TPSA) is 41.6 Å². The van der Waals surface area contributed by atoms with Gasteiger partial charge < -0.3 is 10.6 Å². The summed E-state index contributed by atoms with van der Waals surface area (Å²) < 4.78 is 0. The maximum atomic E-state index is 5.51. The van der Waals surface area contributed by atoms with Gasteiger partial charge in [0.2, 0.25) is 0 Å². The van der Waals surface area contributed by atoms with Gasteiger partial charge in [-0.25, -0.2) is 4.99 Å². The van der Waals surface area contributed by atoms with Crippen molar-refractivity contribution >= 4 is 5.84 Å². The molecule has 0 fully saturated rings. The first kappa shape index (κ1) is 7.12. The average molecular weight is 139 g/mol. The summed E-state index contributed by atoms with van der Waals surface area (Å²) in [5.41, 5.74) is 5.33. The molecule has 1 aliphatic heterocycles. The largest absolute Gasteiger partial charge is 0.384 e. The van der Waals surface area contributed by atoms with E-state index in [0.29, 0.717) is 5.84 Å². The summed E-state index contributed by atoms with van der Waals surface area (Å²) in [7, 11) is 1.98. The highest BCUT2D eigenvalue weighted by atomic mass is 15.3. The minimum absolute atomic E-state index is 0.182. The molecule has 0 atom stereocenters. The van der Waals surface area contributed by atoms with Gasteiger partial charge in [0.15, 0.2) is 0 Å². The normalized spacial score (nSPS) is 22.7. The van der Waals surface area contributed by atoms with Crippen molar-refractivity contribution in [2.24, 2.45) is 10.7 Å². The van der Waals surface area contributed by atoms with Crippen molar-refractivity contribution in [3.05, 3.63) is 12.3 Å². The van der Waals surface area contributed by atoms with Crippen molar-refractivity contribution in [3.8, 4) is 0 Å². The molecule has 3 heteroatoms. The van der Waals surface area contributed by atoms with Crippen LogP contribution in [0, 0.1) is 0 Å². The Morgan fingerprint density at radius 3 is 2.60 bits per heavy atom. The molecular formula is C7H13N3. The molecule has 0 bridgehead atoms. The average Bonchev–Trinajstić information content (AvgIpc) is 1.78. The molecule has 0 aliphatic carbocycles. The standard InChI is InChI=1S/C7H13N3/c1-7(2)9-6(8)4-5-10(7)3/h4-5H,1-3H3,(H2,8,9). The van der Waals surface area contributed by atoms with Crippen molar-refractivity contribution in [3.63, 3.8) is 0 Å². The van der Waals surface area contributed by atoms with Crippen molar-refractivity contribution in [1.29, 1.82) is 0 Å². The van der Waals surface area contributed by atoms with E-state index in [2.05, 4.69) is 4.99 Å². The maximum Gasteiger partial charge on any atom is 0.127 e. The fourth-order valence-corrected chi connectivity index (χ4v) is 0.803. The van der Waals surface area contributed by atoms with Crippen LogP contribution in [0.5, 0.6) is 0 Å². The van der Waals surface area contributed by atoms with Crippen LogP contribution in [0.25, 0.3) is 0 Å². The van der Waals surface area contributed by atoms with Crippen molar-refractivity contribution in [1.82, 2.24) is 4.90 Å². The lowest BCUT2D eigenvalue weighted by atomic mass is 10.2. The third-order valence-corrected chi connectivity index (χ3v) is 1.73. The molecular weight excluding hydrogens is 126 g/mol. The van der Waals surface area contributed by atoms with Crippen molar-refractivity contribution in [2.75, 3.05) is 7.05 Å². The Hall–Kier alpha value is -0.990. The molecule has 0 saturated carbocycles. The monoisotopic (exact) mass is 139 g/mol. The van der Waals surface area contributed by atoms with Gasteiger partial charge in [-0.3, -0.25) is 0 Å². The van der Waals surface area contributed by atoms with E-state index in [1.807, 2.05) is 32.0 Å². The highest BCUT2D eigenvalue weighted by Crippen LogP contribution is 2.16. The minimum Gasteiger partial charge on any atom is -0.384 e. The molecule has 0 amide bonds. The molecule has 0 radical (unpaired) electrons. The second kappa shape index (κ2) is 2.01.